The van der Waals surface area contributed by atoms with Gasteiger partial charge in [0.25, 0.3) is 5.91 Å². The largest absolute Gasteiger partial charge is 0.321 e. The van der Waals surface area contributed by atoms with Gasteiger partial charge in [0, 0.05) is 5.69 Å². The molecule has 1 amide bonds. The van der Waals surface area contributed by atoms with Crippen LogP contribution in [0.25, 0.3) is 6.08 Å². The number of nitriles is 1. The van der Waals surface area contributed by atoms with Crippen molar-refractivity contribution in [2.24, 2.45) is 0 Å². The Morgan fingerprint density at radius 3 is 2.48 bits per heavy atom. The lowest BCUT2D eigenvalue weighted by Gasteiger charge is -2.14. The highest BCUT2D eigenvalue weighted by Gasteiger charge is 2.14. The van der Waals surface area contributed by atoms with Gasteiger partial charge in [0.1, 0.15) is 11.6 Å². The highest BCUT2D eigenvalue weighted by molar-refractivity contribution is 9.11. The van der Waals surface area contributed by atoms with Crippen LogP contribution in [-0.2, 0) is 17.6 Å². The second kappa shape index (κ2) is 8.09. The van der Waals surface area contributed by atoms with Crippen molar-refractivity contribution < 1.29 is 4.79 Å². The molecule has 1 heterocycles. The molecule has 1 aromatic carbocycles. The summed E-state index contributed by atoms with van der Waals surface area (Å²) in [4.78, 5) is 12.5. The average Bonchev–Trinajstić information content (AvgIpc) is 2.97. The summed E-state index contributed by atoms with van der Waals surface area (Å²) in [5, 5.41) is 14.1. The van der Waals surface area contributed by atoms with Crippen molar-refractivity contribution in [3.05, 3.63) is 55.7 Å². The van der Waals surface area contributed by atoms with Gasteiger partial charge in [-0.2, -0.15) is 5.26 Å². The molecular formula is C18H17BrN2OS. The van der Waals surface area contributed by atoms with Crippen LogP contribution >= 0.6 is 27.3 Å². The number of hydrogen-bond acceptors (Lipinski definition) is 3. The van der Waals surface area contributed by atoms with Gasteiger partial charge in [-0.3, -0.25) is 4.79 Å². The minimum atomic E-state index is -0.370. The molecule has 0 radical (unpaired) electrons. The molecule has 0 aliphatic rings. The van der Waals surface area contributed by atoms with E-state index in [2.05, 4.69) is 21.2 Å². The number of hydrogen-bond donors (Lipinski definition) is 1. The van der Waals surface area contributed by atoms with Crippen molar-refractivity contribution in [2.45, 2.75) is 26.7 Å². The molecule has 118 valence electrons. The number of rotatable bonds is 5. The number of nitrogens with one attached hydrogen (secondary N) is 1. The first kappa shape index (κ1) is 17.5. The van der Waals surface area contributed by atoms with Gasteiger partial charge < -0.3 is 5.32 Å². The molecule has 0 aliphatic heterocycles. The maximum atomic E-state index is 12.5. The fourth-order valence-corrected chi connectivity index (χ4v) is 3.43. The molecular weight excluding hydrogens is 372 g/mol. The standard InChI is InChI=1S/C18H17BrN2OS/c1-3-13-6-5-7-14(4-2)17(13)21-18(22)15(10-20)8-12-9-16(19)23-11-12/h5-9,11H,3-4H2,1-2H3,(H,21,22)/b15-8+. The molecule has 2 aromatic rings. The first-order valence-electron chi connectivity index (χ1n) is 7.37. The number of carbonyl (C=O) groups excluding carboxylic acids is 1. The van der Waals surface area contributed by atoms with E-state index in [-0.39, 0.29) is 11.5 Å². The van der Waals surface area contributed by atoms with Gasteiger partial charge >= 0.3 is 0 Å². The number of nitrogens with zero attached hydrogens (tertiary/aromatic N) is 1. The zero-order valence-electron chi connectivity index (χ0n) is 13.0. The lowest BCUT2D eigenvalue weighted by atomic mass is 10.0. The van der Waals surface area contributed by atoms with Crippen LogP contribution in [0.3, 0.4) is 0 Å². The predicted molar refractivity (Wildman–Crippen MR) is 99.4 cm³/mol. The summed E-state index contributed by atoms with van der Waals surface area (Å²) < 4.78 is 0.964. The third-order valence-electron chi connectivity index (χ3n) is 3.50. The monoisotopic (exact) mass is 388 g/mol. The normalized spacial score (nSPS) is 11.1. The minimum absolute atomic E-state index is 0.100. The molecule has 0 unspecified atom stereocenters. The highest BCUT2D eigenvalue weighted by Crippen LogP contribution is 2.25. The lowest BCUT2D eigenvalue weighted by molar-refractivity contribution is -0.112. The highest BCUT2D eigenvalue weighted by atomic mass is 79.9. The molecule has 0 fully saturated rings. The van der Waals surface area contributed by atoms with Crippen molar-refractivity contribution >= 4 is 44.9 Å². The molecule has 0 atom stereocenters. The second-order valence-corrected chi connectivity index (χ2v) is 7.26. The Kier molecular flexibility index (Phi) is 6.14. The molecule has 1 N–H and O–H groups in total. The van der Waals surface area contributed by atoms with Crippen molar-refractivity contribution in [3.63, 3.8) is 0 Å². The van der Waals surface area contributed by atoms with Gasteiger partial charge in [0.15, 0.2) is 0 Å². The fraction of sp³-hybridized carbons (Fsp3) is 0.222. The molecule has 0 spiro atoms. The Hall–Kier alpha value is -1.90. The Morgan fingerprint density at radius 2 is 2.00 bits per heavy atom. The molecule has 3 nitrogen and oxygen atoms in total. The number of para-hydroxylation sites is 1. The number of benzene rings is 1. The van der Waals surface area contributed by atoms with E-state index in [1.807, 2.05) is 49.6 Å². The van der Waals surface area contributed by atoms with E-state index in [9.17, 15) is 10.1 Å². The molecule has 0 aliphatic carbocycles. The van der Waals surface area contributed by atoms with Gasteiger partial charge in [-0.1, -0.05) is 32.0 Å². The van der Waals surface area contributed by atoms with Crippen molar-refractivity contribution in [1.29, 1.82) is 5.26 Å². The molecule has 5 heteroatoms. The van der Waals surface area contributed by atoms with Crippen LogP contribution in [0.1, 0.15) is 30.5 Å². The van der Waals surface area contributed by atoms with Gasteiger partial charge in [-0.15, -0.1) is 11.3 Å². The Labute approximate surface area is 148 Å². The summed E-state index contributed by atoms with van der Waals surface area (Å²) in [7, 11) is 0. The van der Waals surface area contributed by atoms with Crippen LogP contribution in [-0.4, -0.2) is 5.91 Å². The van der Waals surface area contributed by atoms with Gasteiger partial charge in [0.2, 0.25) is 0 Å². The summed E-state index contributed by atoms with van der Waals surface area (Å²) >= 11 is 4.89. The van der Waals surface area contributed by atoms with Crippen LogP contribution in [0, 0.1) is 11.3 Å². The first-order valence-corrected chi connectivity index (χ1v) is 9.04. The third kappa shape index (κ3) is 4.31. The van der Waals surface area contributed by atoms with E-state index in [4.69, 9.17) is 0 Å². The quantitative estimate of drug-likeness (QED) is 0.566. The van der Waals surface area contributed by atoms with Gasteiger partial charge in [-0.05, 0) is 63.0 Å². The van der Waals surface area contributed by atoms with Crippen LogP contribution in [0.5, 0.6) is 0 Å². The number of amides is 1. The van der Waals surface area contributed by atoms with Gasteiger partial charge in [0.05, 0.1) is 3.79 Å². The molecule has 0 bridgehead atoms. The Morgan fingerprint density at radius 1 is 1.35 bits per heavy atom. The van der Waals surface area contributed by atoms with E-state index in [1.54, 1.807) is 6.08 Å². The maximum absolute atomic E-state index is 12.5. The first-order chi connectivity index (χ1) is 11.1. The van der Waals surface area contributed by atoms with E-state index in [0.29, 0.717) is 0 Å². The number of thiophene rings is 1. The maximum Gasteiger partial charge on any atom is 0.266 e. The fourth-order valence-electron chi connectivity index (χ4n) is 2.30. The number of aryl methyl sites for hydroxylation is 2. The van der Waals surface area contributed by atoms with E-state index in [0.717, 1.165) is 39.0 Å². The van der Waals surface area contributed by atoms with Gasteiger partial charge in [-0.25, -0.2) is 0 Å². The summed E-state index contributed by atoms with van der Waals surface area (Å²) in [5.74, 6) is -0.370. The topological polar surface area (TPSA) is 52.9 Å². The summed E-state index contributed by atoms with van der Waals surface area (Å²) in [6, 6.07) is 9.87. The number of carbonyl (C=O) groups is 1. The number of anilines is 1. The second-order valence-electron chi connectivity index (χ2n) is 4.97. The molecule has 0 saturated carbocycles. The minimum Gasteiger partial charge on any atom is -0.321 e. The van der Waals surface area contributed by atoms with E-state index in [1.165, 1.54) is 11.3 Å². The summed E-state index contributed by atoms with van der Waals surface area (Å²) in [6.45, 7) is 4.10. The van der Waals surface area contributed by atoms with E-state index >= 15 is 0 Å². The van der Waals surface area contributed by atoms with Crippen molar-refractivity contribution in [3.8, 4) is 6.07 Å². The van der Waals surface area contributed by atoms with E-state index < -0.39 is 0 Å². The lowest BCUT2D eigenvalue weighted by Crippen LogP contribution is -2.16. The van der Waals surface area contributed by atoms with Crippen LogP contribution in [0.2, 0.25) is 0 Å². The smallest absolute Gasteiger partial charge is 0.266 e. The summed E-state index contributed by atoms with van der Waals surface area (Å²) in [5.41, 5.74) is 3.92. The predicted octanol–water partition coefficient (Wildman–Crippen LogP) is 5.18. The molecule has 0 saturated heterocycles. The zero-order valence-corrected chi connectivity index (χ0v) is 15.4. The van der Waals surface area contributed by atoms with Crippen LogP contribution < -0.4 is 5.32 Å². The average molecular weight is 389 g/mol. The van der Waals surface area contributed by atoms with Crippen molar-refractivity contribution in [1.82, 2.24) is 0 Å². The summed E-state index contributed by atoms with van der Waals surface area (Å²) in [6.07, 6.45) is 3.26. The zero-order chi connectivity index (χ0) is 16.8. The van der Waals surface area contributed by atoms with Crippen LogP contribution in [0.4, 0.5) is 5.69 Å². The molecule has 1 aromatic heterocycles. The third-order valence-corrected chi connectivity index (χ3v) is 5.02. The van der Waals surface area contributed by atoms with Crippen molar-refractivity contribution in [2.75, 3.05) is 5.32 Å². The molecule has 23 heavy (non-hydrogen) atoms. The van der Waals surface area contributed by atoms with Crippen LogP contribution in [0.15, 0.2) is 39.0 Å². The Balaban J connectivity index is 2.31. The number of halogens is 1. The SMILES string of the molecule is CCc1cccc(CC)c1NC(=O)/C(C#N)=C/c1csc(Br)c1. The Bertz CT molecular complexity index is 764. The molecule has 2 rings (SSSR count).